The Labute approximate surface area is 138 Å². The molecular formula is C17H16N4O3. The van der Waals surface area contributed by atoms with E-state index in [-0.39, 0.29) is 17.7 Å². The number of rotatable bonds is 4. The molecule has 0 aliphatic heterocycles. The topological polar surface area (TPSA) is 88.3 Å². The van der Waals surface area contributed by atoms with Crippen molar-refractivity contribution in [2.45, 2.75) is 6.54 Å². The molecule has 7 nitrogen and oxygen atoms in total. The number of carbonyl (C=O) groups excluding carboxylic acids is 1. The van der Waals surface area contributed by atoms with Crippen molar-refractivity contribution in [1.29, 1.82) is 0 Å². The summed E-state index contributed by atoms with van der Waals surface area (Å²) in [5.74, 6) is 0.684. The minimum absolute atomic E-state index is 0.0394. The largest absolute Gasteiger partial charge is 0.451 e. The molecule has 0 saturated carbocycles. The summed E-state index contributed by atoms with van der Waals surface area (Å²) >= 11 is 0. The van der Waals surface area contributed by atoms with Gasteiger partial charge in [0, 0.05) is 26.4 Å². The number of anilines is 1. The Bertz CT molecular complexity index is 950. The fourth-order valence-corrected chi connectivity index (χ4v) is 2.18. The highest BCUT2D eigenvalue weighted by molar-refractivity contribution is 5.93. The predicted molar refractivity (Wildman–Crippen MR) is 90.0 cm³/mol. The van der Waals surface area contributed by atoms with Gasteiger partial charge in [0.05, 0.1) is 11.9 Å². The van der Waals surface area contributed by atoms with Gasteiger partial charge >= 0.3 is 0 Å². The van der Waals surface area contributed by atoms with Crippen LogP contribution in [0.3, 0.4) is 0 Å². The summed E-state index contributed by atoms with van der Waals surface area (Å²) in [6, 6.07) is 9.75. The van der Waals surface area contributed by atoms with Crippen LogP contribution in [0.15, 0.2) is 51.8 Å². The molecule has 7 heteroatoms. The Morgan fingerprint density at radius 3 is 2.83 bits per heavy atom. The van der Waals surface area contributed by atoms with E-state index in [2.05, 4.69) is 15.3 Å². The van der Waals surface area contributed by atoms with Crippen LogP contribution in [0.5, 0.6) is 0 Å². The lowest BCUT2D eigenvalue weighted by Gasteiger charge is -2.11. The van der Waals surface area contributed by atoms with Crippen LogP contribution in [0.1, 0.15) is 16.4 Å². The minimum Gasteiger partial charge on any atom is -0.451 e. The number of para-hydroxylation sites is 1. The van der Waals surface area contributed by atoms with E-state index in [4.69, 9.17) is 4.42 Å². The standard InChI is InChI=1S/C17H16N4O3/c1-21(2)16-7-8-18-15(20-16)10-19-17(23)14-9-12(22)11-5-3-4-6-13(11)24-14/h3-9H,10H2,1-2H3,(H,19,23). The molecule has 2 aromatic heterocycles. The van der Waals surface area contributed by atoms with Gasteiger partial charge in [0.15, 0.2) is 11.2 Å². The van der Waals surface area contributed by atoms with Gasteiger partial charge in [0.2, 0.25) is 0 Å². The lowest BCUT2D eigenvalue weighted by Crippen LogP contribution is -2.25. The first-order valence-electron chi connectivity index (χ1n) is 7.35. The van der Waals surface area contributed by atoms with Crippen LogP contribution in [-0.4, -0.2) is 30.0 Å². The van der Waals surface area contributed by atoms with Crippen molar-refractivity contribution in [3.8, 4) is 0 Å². The summed E-state index contributed by atoms with van der Waals surface area (Å²) in [7, 11) is 3.74. The average Bonchev–Trinajstić information content (AvgIpc) is 2.60. The van der Waals surface area contributed by atoms with E-state index in [1.54, 1.807) is 36.5 Å². The molecule has 2 heterocycles. The van der Waals surface area contributed by atoms with Crippen LogP contribution in [0, 0.1) is 0 Å². The molecule has 1 amide bonds. The first kappa shape index (κ1) is 15.7. The highest BCUT2D eigenvalue weighted by Gasteiger charge is 2.12. The van der Waals surface area contributed by atoms with Gasteiger partial charge in [-0.25, -0.2) is 9.97 Å². The maximum atomic E-state index is 12.2. The summed E-state index contributed by atoms with van der Waals surface area (Å²) < 4.78 is 5.49. The van der Waals surface area contributed by atoms with Crippen LogP contribution >= 0.6 is 0 Å². The molecule has 0 radical (unpaired) electrons. The second-order valence-corrected chi connectivity index (χ2v) is 5.38. The van der Waals surface area contributed by atoms with E-state index in [0.717, 1.165) is 5.82 Å². The molecule has 0 spiro atoms. The van der Waals surface area contributed by atoms with Gasteiger partial charge in [-0.2, -0.15) is 0 Å². The van der Waals surface area contributed by atoms with Crippen LogP contribution in [0.25, 0.3) is 11.0 Å². The number of nitrogens with zero attached hydrogens (tertiary/aromatic N) is 3. The highest BCUT2D eigenvalue weighted by atomic mass is 16.3. The Morgan fingerprint density at radius 2 is 2.04 bits per heavy atom. The zero-order valence-corrected chi connectivity index (χ0v) is 13.3. The van der Waals surface area contributed by atoms with Gasteiger partial charge in [-0.15, -0.1) is 0 Å². The number of amides is 1. The molecule has 122 valence electrons. The third-order valence-corrected chi connectivity index (χ3v) is 3.41. The number of hydrogen-bond donors (Lipinski definition) is 1. The summed E-state index contributed by atoms with van der Waals surface area (Å²) in [5, 5.41) is 3.10. The molecule has 0 saturated heterocycles. The van der Waals surface area contributed by atoms with E-state index in [1.807, 2.05) is 19.0 Å². The molecule has 1 aromatic carbocycles. The maximum Gasteiger partial charge on any atom is 0.287 e. The predicted octanol–water partition coefficient (Wildman–Crippen LogP) is 1.58. The molecule has 1 N–H and O–H groups in total. The maximum absolute atomic E-state index is 12.2. The number of nitrogens with one attached hydrogen (secondary N) is 1. The summed E-state index contributed by atoms with van der Waals surface area (Å²) in [4.78, 5) is 34.5. The zero-order chi connectivity index (χ0) is 17.1. The van der Waals surface area contributed by atoms with Gasteiger partial charge in [-0.1, -0.05) is 12.1 Å². The van der Waals surface area contributed by atoms with Crippen LogP contribution in [0.4, 0.5) is 5.82 Å². The van der Waals surface area contributed by atoms with Crippen molar-refractivity contribution in [3.63, 3.8) is 0 Å². The third kappa shape index (κ3) is 3.24. The molecule has 0 atom stereocenters. The third-order valence-electron chi connectivity index (χ3n) is 3.41. The molecule has 0 bridgehead atoms. The monoisotopic (exact) mass is 324 g/mol. The summed E-state index contributed by atoms with van der Waals surface area (Å²) in [6.07, 6.45) is 1.62. The molecule has 24 heavy (non-hydrogen) atoms. The normalized spacial score (nSPS) is 10.6. The van der Waals surface area contributed by atoms with Crippen molar-refractivity contribution in [1.82, 2.24) is 15.3 Å². The molecule has 0 unspecified atom stereocenters. The molecule has 0 aliphatic carbocycles. The van der Waals surface area contributed by atoms with E-state index in [0.29, 0.717) is 16.8 Å². The lowest BCUT2D eigenvalue weighted by atomic mass is 10.2. The summed E-state index contributed by atoms with van der Waals surface area (Å²) in [6.45, 7) is 0.136. The van der Waals surface area contributed by atoms with Crippen LogP contribution in [-0.2, 0) is 6.54 Å². The van der Waals surface area contributed by atoms with Crippen LogP contribution in [0.2, 0.25) is 0 Å². The van der Waals surface area contributed by atoms with E-state index in [1.165, 1.54) is 6.07 Å². The number of aromatic nitrogens is 2. The second kappa shape index (κ2) is 6.49. The molecule has 0 aliphatic rings. The first-order valence-corrected chi connectivity index (χ1v) is 7.35. The lowest BCUT2D eigenvalue weighted by molar-refractivity contribution is 0.0922. The van der Waals surface area contributed by atoms with E-state index in [9.17, 15) is 9.59 Å². The number of fused-ring (bicyclic) bond motifs is 1. The Morgan fingerprint density at radius 1 is 1.25 bits per heavy atom. The van der Waals surface area contributed by atoms with Gasteiger partial charge in [0.1, 0.15) is 17.2 Å². The second-order valence-electron chi connectivity index (χ2n) is 5.38. The van der Waals surface area contributed by atoms with Crippen LogP contribution < -0.4 is 15.6 Å². The fourth-order valence-electron chi connectivity index (χ4n) is 2.18. The zero-order valence-electron chi connectivity index (χ0n) is 13.3. The van der Waals surface area contributed by atoms with Crippen molar-refractivity contribution >= 4 is 22.7 Å². The first-order chi connectivity index (χ1) is 11.5. The number of benzene rings is 1. The van der Waals surface area contributed by atoms with E-state index >= 15 is 0 Å². The summed E-state index contributed by atoms with van der Waals surface area (Å²) in [5.41, 5.74) is 0.119. The molecular weight excluding hydrogens is 308 g/mol. The SMILES string of the molecule is CN(C)c1ccnc(CNC(=O)c2cc(=O)c3ccccc3o2)n1. The highest BCUT2D eigenvalue weighted by Crippen LogP contribution is 2.11. The van der Waals surface area contributed by atoms with Crippen molar-refractivity contribution in [2.24, 2.45) is 0 Å². The van der Waals surface area contributed by atoms with Gasteiger partial charge in [0.25, 0.3) is 5.91 Å². The average molecular weight is 324 g/mol. The molecule has 3 aromatic rings. The number of hydrogen-bond acceptors (Lipinski definition) is 6. The van der Waals surface area contributed by atoms with E-state index < -0.39 is 5.91 Å². The van der Waals surface area contributed by atoms with Crippen molar-refractivity contribution in [2.75, 3.05) is 19.0 Å². The minimum atomic E-state index is -0.489. The van der Waals surface area contributed by atoms with Gasteiger partial charge < -0.3 is 14.6 Å². The Kier molecular flexibility index (Phi) is 4.24. The number of carbonyl (C=O) groups is 1. The van der Waals surface area contributed by atoms with Crippen molar-refractivity contribution in [3.05, 3.63) is 64.4 Å². The Balaban J connectivity index is 1.78. The molecule has 0 fully saturated rings. The quantitative estimate of drug-likeness (QED) is 0.784. The van der Waals surface area contributed by atoms with Crippen molar-refractivity contribution < 1.29 is 9.21 Å². The fraction of sp³-hybridized carbons (Fsp3) is 0.176. The molecule has 3 rings (SSSR count). The smallest absolute Gasteiger partial charge is 0.287 e. The Hall–Kier alpha value is -3.22. The van der Waals surface area contributed by atoms with Gasteiger partial charge in [-0.05, 0) is 18.2 Å². The van der Waals surface area contributed by atoms with Gasteiger partial charge in [-0.3, -0.25) is 9.59 Å².